The maximum absolute atomic E-state index is 13.0. The Morgan fingerprint density at radius 3 is 2.48 bits per heavy atom. The number of ether oxygens (including phenoxy) is 1. The highest BCUT2D eigenvalue weighted by Crippen LogP contribution is 2.37. The van der Waals surface area contributed by atoms with Crippen molar-refractivity contribution in [2.24, 2.45) is 0 Å². The van der Waals surface area contributed by atoms with Crippen molar-refractivity contribution in [2.45, 2.75) is 43.7 Å². The van der Waals surface area contributed by atoms with Gasteiger partial charge >= 0.3 is 11.9 Å². The summed E-state index contributed by atoms with van der Waals surface area (Å²) in [5.41, 5.74) is -0.422. The average Bonchev–Trinajstić information content (AvgIpc) is 2.64. The van der Waals surface area contributed by atoms with Crippen molar-refractivity contribution >= 4 is 35.5 Å². The topological polar surface area (TPSA) is 113 Å². The third-order valence-corrected chi connectivity index (χ3v) is 5.58. The highest BCUT2D eigenvalue weighted by atomic mass is 32.2. The average molecular weight is 418 g/mol. The number of fused-ring (bicyclic) bond motifs is 1. The number of rotatable bonds is 5. The van der Waals surface area contributed by atoms with E-state index >= 15 is 0 Å². The van der Waals surface area contributed by atoms with Crippen molar-refractivity contribution in [2.75, 3.05) is 5.75 Å². The lowest BCUT2D eigenvalue weighted by Crippen LogP contribution is -2.70. The van der Waals surface area contributed by atoms with Crippen LogP contribution in [0.5, 0.6) is 0 Å². The molecule has 2 aliphatic heterocycles. The quantitative estimate of drug-likeness (QED) is 0.423. The lowest BCUT2D eigenvalue weighted by Gasteiger charge is -2.48. The zero-order chi connectivity index (χ0) is 21.3. The summed E-state index contributed by atoms with van der Waals surface area (Å²) in [6.07, 6.45) is 1.47. The number of carboxylic acids is 1. The molecule has 0 saturated carbocycles. The predicted octanol–water partition coefficient (Wildman–Crippen LogP) is 1.48. The van der Waals surface area contributed by atoms with Gasteiger partial charge in [-0.05, 0) is 32.4 Å². The van der Waals surface area contributed by atoms with Gasteiger partial charge in [-0.1, -0.05) is 30.3 Å². The van der Waals surface area contributed by atoms with Crippen molar-refractivity contribution in [3.05, 3.63) is 47.7 Å². The number of β-lactam (4-membered cyclic amide) rings is 1. The second-order valence-corrected chi connectivity index (χ2v) is 8.84. The normalized spacial score (nSPS) is 22.0. The molecule has 2 aliphatic rings. The van der Waals surface area contributed by atoms with Crippen LogP contribution in [0.1, 0.15) is 32.3 Å². The first-order valence-corrected chi connectivity index (χ1v) is 10.1. The van der Waals surface area contributed by atoms with Crippen LogP contribution in [0.15, 0.2) is 42.1 Å². The standard InChI is InChI=1S/C20H22N2O6S/c1-20(2,3)28-19(27)13(11-7-5-4-6-8-11)15(23)21-14-16(24)22-12(18(25)26)9-10-29-17(14)22/h4-9,13-14,17H,10H2,1-3H3,(H,21,23)(H,25,26)/t13?,14?,17-/m0/s1. The van der Waals surface area contributed by atoms with Crippen LogP contribution in [0.4, 0.5) is 0 Å². The number of amides is 2. The molecule has 0 spiro atoms. The van der Waals surface area contributed by atoms with E-state index in [4.69, 9.17) is 4.74 Å². The van der Waals surface area contributed by atoms with E-state index in [2.05, 4.69) is 5.32 Å². The van der Waals surface area contributed by atoms with E-state index in [0.717, 1.165) is 4.90 Å². The molecule has 0 aromatic heterocycles. The monoisotopic (exact) mass is 418 g/mol. The second kappa shape index (κ2) is 7.90. The van der Waals surface area contributed by atoms with E-state index in [1.807, 2.05) is 0 Å². The highest BCUT2D eigenvalue weighted by molar-refractivity contribution is 8.00. The van der Waals surface area contributed by atoms with Crippen molar-refractivity contribution in [3.8, 4) is 0 Å². The lowest BCUT2D eigenvalue weighted by atomic mass is 9.96. The van der Waals surface area contributed by atoms with Gasteiger partial charge in [-0.2, -0.15) is 0 Å². The van der Waals surface area contributed by atoms with Crippen molar-refractivity contribution < 1.29 is 29.0 Å². The van der Waals surface area contributed by atoms with Crippen LogP contribution in [-0.2, 0) is 23.9 Å². The number of carboxylic acid groups (broad SMARTS) is 1. The van der Waals surface area contributed by atoms with E-state index in [1.165, 1.54) is 17.8 Å². The predicted molar refractivity (Wildman–Crippen MR) is 106 cm³/mol. The third-order valence-electron chi connectivity index (χ3n) is 4.40. The van der Waals surface area contributed by atoms with Gasteiger partial charge in [0.15, 0.2) is 5.92 Å². The van der Waals surface area contributed by atoms with Crippen LogP contribution in [0.25, 0.3) is 0 Å². The summed E-state index contributed by atoms with van der Waals surface area (Å²) in [5.74, 6) is -3.90. The van der Waals surface area contributed by atoms with Gasteiger partial charge in [0.05, 0.1) is 0 Å². The minimum atomic E-state index is -1.24. The molecule has 1 saturated heterocycles. The molecule has 0 aliphatic carbocycles. The van der Waals surface area contributed by atoms with Crippen LogP contribution < -0.4 is 5.32 Å². The Labute approximate surface area is 172 Å². The Morgan fingerprint density at radius 2 is 1.90 bits per heavy atom. The van der Waals surface area contributed by atoms with Crippen molar-refractivity contribution in [3.63, 3.8) is 0 Å². The molecule has 1 aromatic rings. The number of hydrogen-bond donors (Lipinski definition) is 2. The van der Waals surface area contributed by atoms with E-state index in [0.29, 0.717) is 11.3 Å². The summed E-state index contributed by atoms with van der Waals surface area (Å²) in [6, 6.07) is 7.56. The van der Waals surface area contributed by atoms with E-state index < -0.39 is 46.7 Å². The van der Waals surface area contributed by atoms with Gasteiger partial charge < -0.3 is 15.2 Å². The Balaban J connectivity index is 1.79. The molecule has 29 heavy (non-hydrogen) atoms. The molecule has 1 aromatic carbocycles. The maximum atomic E-state index is 13.0. The number of nitrogens with zero attached hydrogens (tertiary/aromatic N) is 1. The molecule has 1 fully saturated rings. The number of hydrogen-bond acceptors (Lipinski definition) is 6. The van der Waals surface area contributed by atoms with Gasteiger partial charge in [-0.25, -0.2) is 4.79 Å². The molecule has 154 valence electrons. The van der Waals surface area contributed by atoms with Gasteiger partial charge in [0.25, 0.3) is 5.91 Å². The molecule has 9 heteroatoms. The molecule has 0 bridgehead atoms. The minimum absolute atomic E-state index is 0.0870. The third kappa shape index (κ3) is 4.29. The van der Waals surface area contributed by atoms with Gasteiger partial charge in [0.2, 0.25) is 5.91 Å². The maximum Gasteiger partial charge on any atom is 0.352 e. The fourth-order valence-electron chi connectivity index (χ4n) is 3.18. The first kappa shape index (κ1) is 20.9. The smallest absolute Gasteiger partial charge is 0.352 e. The minimum Gasteiger partial charge on any atom is -0.477 e. The van der Waals surface area contributed by atoms with Crippen molar-refractivity contribution in [1.29, 1.82) is 0 Å². The van der Waals surface area contributed by atoms with Gasteiger partial charge in [-0.3, -0.25) is 19.3 Å². The summed E-state index contributed by atoms with van der Waals surface area (Å²) < 4.78 is 5.40. The number of benzene rings is 1. The summed E-state index contributed by atoms with van der Waals surface area (Å²) >= 11 is 1.35. The molecule has 2 heterocycles. The number of aliphatic carboxylic acids is 1. The van der Waals surface area contributed by atoms with Crippen LogP contribution in [0.3, 0.4) is 0 Å². The van der Waals surface area contributed by atoms with Gasteiger partial charge in [0, 0.05) is 5.75 Å². The lowest BCUT2D eigenvalue weighted by molar-refractivity contribution is -0.160. The van der Waals surface area contributed by atoms with Crippen LogP contribution >= 0.6 is 11.8 Å². The molecular weight excluding hydrogens is 396 g/mol. The molecule has 2 amide bonds. The van der Waals surface area contributed by atoms with Crippen LogP contribution in [-0.4, -0.2) is 56.5 Å². The molecule has 3 rings (SSSR count). The Kier molecular flexibility index (Phi) is 5.70. The van der Waals surface area contributed by atoms with Crippen LogP contribution in [0, 0.1) is 0 Å². The zero-order valence-electron chi connectivity index (χ0n) is 16.2. The largest absolute Gasteiger partial charge is 0.477 e. The second-order valence-electron chi connectivity index (χ2n) is 7.69. The SMILES string of the molecule is CC(C)(C)OC(=O)C(C(=O)NC1C(=O)N2C(C(=O)O)=CCS[C@@H]12)c1ccccc1. The Hall–Kier alpha value is -2.81. The Bertz CT molecular complexity index is 877. The first-order valence-electron chi connectivity index (χ1n) is 9.06. The molecule has 8 nitrogen and oxygen atoms in total. The Morgan fingerprint density at radius 1 is 1.24 bits per heavy atom. The number of nitrogens with one attached hydrogen (secondary N) is 1. The molecule has 3 atom stereocenters. The van der Waals surface area contributed by atoms with Gasteiger partial charge in [0.1, 0.15) is 22.7 Å². The summed E-state index contributed by atoms with van der Waals surface area (Å²) in [7, 11) is 0. The van der Waals surface area contributed by atoms with Crippen molar-refractivity contribution in [1.82, 2.24) is 10.2 Å². The molecular formula is C20H22N2O6S. The molecule has 2 unspecified atom stereocenters. The van der Waals surface area contributed by atoms with Gasteiger partial charge in [-0.15, -0.1) is 11.8 Å². The number of thioether (sulfide) groups is 1. The fourth-order valence-corrected chi connectivity index (χ4v) is 4.37. The summed E-state index contributed by atoms with van der Waals surface area (Å²) in [5, 5.41) is 11.3. The van der Waals surface area contributed by atoms with E-state index in [9.17, 15) is 24.3 Å². The summed E-state index contributed by atoms with van der Waals surface area (Å²) in [6.45, 7) is 5.11. The fraction of sp³-hybridized carbons (Fsp3) is 0.400. The highest BCUT2D eigenvalue weighted by Gasteiger charge is 2.53. The van der Waals surface area contributed by atoms with E-state index in [-0.39, 0.29) is 5.70 Å². The van der Waals surface area contributed by atoms with Crippen LogP contribution in [0.2, 0.25) is 0 Å². The molecule has 2 N–H and O–H groups in total. The number of carbonyl (C=O) groups is 4. The number of carbonyl (C=O) groups excluding carboxylic acids is 3. The zero-order valence-corrected chi connectivity index (χ0v) is 17.1. The first-order chi connectivity index (χ1) is 13.6. The summed E-state index contributed by atoms with van der Waals surface area (Å²) in [4.78, 5) is 50.7. The van der Waals surface area contributed by atoms with E-state index in [1.54, 1.807) is 51.1 Å². The number of esters is 1. The molecule has 0 radical (unpaired) electrons.